The lowest BCUT2D eigenvalue weighted by molar-refractivity contribution is -0.127. The molecule has 8 heteroatoms. The maximum atomic E-state index is 13.7. The van der Waals surface area contributed by atoms with Crippen LogP contribution in [0, 0.1) is 5.82 Å². The van der Waals surface area contributed by atoms with Crippen LogP contribution in [0.5, 0.6) is 0 Å². The molecule has 1 heterocycles. The topological polar surface area (TPSA) is 87.7 Å². The molecule has 0 bridgehead atoms. The van der Waals surface area contributed by atoms with Crippen molar-refractivity contribution in [3.63, 3.8) is 0 Å². The summed E-state index contributed by atoms with van der Waals surface area (Å²) in [5.74, 6) is -0.925. The Morgan fingerprint density at radius 2 is 1.49 bits per heavy atom. The Labute approximate surface area is 238 Å². The summed E-state index contributed by atoms with van der Waals surface area (Å²) in [4.78, 5) is 40.6. The molecule has 1 aliphatic rings. The third-order valence-electron chi connectivity index (χ3n) is 7.01. The Morgan fingerprint density at radius 3 is 2.15 bits per heavy atom. The van der Waals surface area contributed by atoms with Crippen LogP contribution in [0.25, 0.3) is 0 Å². The van der Waals surface area contributed by atoms with Crippen LogP contribution in [0.2, 0.25) is 0 Å². The molecule has 0 unspecified atom stereocenters. The zero-order valence-corrected chi connectivity index (χ0v) is 22.5. The highest BCUT2D eigenvalue weighted by Crippen LogP contribution is 2.35. The van der Waals surface area contributed by atoms with Gasteiger partial charge in [-0.1, -0.05) is 84.9 Å². The molecule has 3 atom stereocenters. The predicted octanol–water partition coefficient (Wildman–Crippen LogP) is 5.95. The van der Waals surface area contributed by atoms with Crippen molar-refractivity contribution in [3.8, 4) is 0 Å². The highest BCUT2D eigenvalue weighted by atomic mass is 19.1. The van der Waals surface area contributed by atoms with Crippen LogP contribution < -0.4 is 10.6 Å². The van der Waals surface area contributed by atoms with Gasteiger partial charge in [0, 0.05) is 5.69 Å². The average molecular weight is 552 g/mol. The first-order chi connectivity index (χ1) is 19.9. The third kappa shape index (κ3) is 6.78. The Morgan fingerprint density at radius 1 is 0.854 bits per heavy atom. The number of hydrogen-bond donors (Lipinski definition) is 2. The number of carbonyl (C=O) groups is 3. The monoisotopic (exact) mass is 551 g/mol. The van der Waals surface area contributed by atoms with Crippen LogP contribution >= 0.6 is 0 Å². The van der Waals surface area contributed by atoms with E-state index in [0.717, 1.165) is 11.1 Å². The number of benzene rings is 4. The lowest BCUT2D eigenvalue weighted by Crippen LogP contribution is -2.46. The van der Waals surface area contributed by atoms with Crippen molar-refractivity contribution in [2.24, 2.45) is 0 Å². The molecule has 0 saturated carbocycles. The molecule has 4 aromatic carbocycles. The molecular weight excluding hydrogens is 521 g/mol. The number of amides is 3. The molecule has 3 amide bonds. The van der Waals surface area contributed by atoms with Crippen molar-refractivity contribution in [3.05, 3.63) is 137 Å². The fourth-order valence-corrected chi connectivity index (χ4v) is 4.86. The van der Waals surface area contributed by atoms with Gasteiger partial charge in [-0.15, -0.1) is 0 Å². The van der Waals surface area contributed by atoms with Gasteiger partial charge in [-0.3, -0.25) is 14.5 Å². The van der Waals surface area contributed by atoms with Gasteiger partial charge in [-0.25, -0.2) is 9.18 Å². The van der Waals surface area contributed by atoms with Gasteiger partial charge in [0.15, 0.2) is 12.1 Å². The summed E-state index contributed by atoms with van der Waals surface area (Å²) in [6, 6.07) is 30.3. The first-order valence-electron chi connectivity index (χ1n) is 13.4. The lowest BCUT2D eigenvalue weighted by Gasteiger charge is -2.26. The SMILES string of the molecule is C[C@H](NC(=O)[C@@H]1[C@@H](c2ccc(NC(=O)Cc3ccccc3)cc2)OC(=O)N1Cc1ccc(F)cc1)c1ccccc1. The summed E-state index contributed by atoms with van der Waals surface area (Å²) in [6.45, 7) is 1.94. The maximum Gasteiger partial charge on any atom is 0.411 e. The summed E-state index contributed by atoms with van der Waals surface area (Å²) in [5, 5.41) is 5.89. The first-order valence-corrected chi connectivity index (χ1v) is 13.4. The molecule has 7 nitrogen and oxygen atoms in total. The van der Waals surface area contributed by atoms with E-state index >= 15 is 0 Å². The van der Waals surface area contributed by atoms with Gasteiger partial charge >= 0.3 is 6.09 Å². The minimum atomic E-state index is -0.975. The van der Waals surface area contributed by atoms with Gasteiger partial charge in [-0.2, -0.15) is 0 Å². The summed E-state index contributed by atoms with van der Waals surface area (Å²) in [5.41, 5.74) is 3.67. The van der Waals surface area contributed by atoms with E-state index in [1.807, 2.05) is 67.6 Å². The van der Waals surface area contributed by atoms with Crippen molar-refractivity contribution in [2.45, 2.75) is 38.1 Å². The average Bonchev–Trinajstić information content (AvgIpc) is 3.31. The van der Waals surface area contributed by atoms with Gasteiger partial charge in [0.25, 0.3) is 0 Å². The van der Waals surface area contributed by atoms with E-state index in [1.54, 1.807) is 36.4 Å². The Balaban J connectivity index is 1.35. The number of cyclic esters (lactones) is 1. The maximum absolute atomic E-state index is 13.7. The van der Waals surface area contributed by atoms with E-state index in [-0.39, 0.29) is 30.8 Å². The number of carbonyl (C=O) groups excluding carboxylic acids is 3. The van der Waals surface area contributed by atoms with Gasteiger partial charge in [0.2, 0.25) is 11.8 Å². The number of anilines is 1. The summed E-state index contributed by atoms with van der Waals surface area (Å²) < 4.78 is 19.2. The normalized spacial score (nSPS) is 17.0. The van der Waals surface area contributed by atoms with Crippen molar-refractivity contribution >= 4 is 23.6 Å². The molecular formula is C33H30FN3O4. The second-order valence-electron chi connectivity index (χ2n) is 9.98. The minimum Gasteiger partial charge on any atom is -0.438 e. The van der Waals surface area contributed by atoms with E-state index in [0.29, 0.717) is 16.8 Å². The largest absolute Gasteiger partial charge is 0.438 e. The summed E-state index contributed by atoms with van der Waals surface area (Å²) >= 11 is 0. The predicted molar refractivity (Wildman–Crippen MR) is 153 cm³/mol. The van der Waals surface area contributed by atoms with Gasteiger partial charge in [-0.05, 0) is 53.4 Å². The van der Waals surface area contributed by atoms with Crippen LogP contribution in [0.4, 0.5) is 14.9 Å². The second kappa shape index (κ2) is 12.5. The van der Waals surface area contributed by atoms with E-state index in [1.165, 1.54) is 17.0 Å². The van der Waals surface area contributed by atoms with E-state index < -0.39 is 24.1 Å². The number of nitrogens with one attached hydrogen (secondary N) is 2. The van der Waals surface area contributed by atoms with Crippen LogP contribution in [-0.2, 0) is 27.3 Å². The highest BCUT2D eigenvalue weighted by Gasteiger charge is 2.47. The zero-order chi connectivity index (χ0) is 28.8. The van der Waals surface area contributed by atoms with E-state index in [9.17, 15) is 18.8 Å². The smallest absolute Gasteiger partial charge is 0.411 e. The molecule has 0 aliphatic carbocycles. The van der Waals surface area contributed by atoms with Crippen molar-refractivity contribution in [1.29, 1.82) is 0 Å². The molecule has 2 N–H and O–H groups in total. The fraction of sp³-hybridized carbons (Fsp3) is 0.182. The molecule has 0 radical (unpaired) electrons. The van der Waals surface area contributed by atoms with Crippen LogP contribution in [0.3, 0.4) is 0 Å². The van der Waals surface area contributed by atoms with Gasteiger partial charge in [0.1, 0.15) is 5.82 Å². The molecule has 5 rings (SSSR count). The van der Waals surface area contributed by atoms with Gasteiger partial charge in [0.05, 0.1) is 19.0 Å². The molecule has 41 heavy (non-hydrogen) atoms. The van der Waals surface area contributed by atoms with Crippen LogP contribution in [-0.4, -0.2) is 28.8 Å². The Bertz CT molecular complexity index is 1500. The molecule has 1 saturated heterocycles. The van der Waals surface area contributed by atoms with Crippen LogP contribution in [0.1, 0.15) is 41.3 Å². The Hall–Kier alpha value is -4.98. The quantitative estimate of drug-likeness (QED) is 0.269. The Kier molecular flexibility index (Phi) is 8.39. The fourth-order valence-electron chi connectivity index (χ4n) is 4.86. The van der Waals surface area contributed by atoms with Crippen molar-refractivity contribution < 1.29 is 23.5 Å². The van der Waals surface area contributed by atoms with Crippen molar-refractivity contribution in [2.75, 3.05) is 5.32 Å². The number of hydrogen-bond acceptors (Lipinski definition) is 4. The number of nitrogens with zero attached hydrogens (tertiary/aromatic N) is 1. The molecule has 0 spiro atoms. The number of ether oxygens (including phenoxy) is 1. The standard InChI is InChI=1S/C33H30FN3O4/c1-22(25-10-6-3-7-11-25)35-32(39)30-31(41-33(40)37(30)21-24-12-16-27(34)17-13-24)26-14-18-28(19-15-26)36-29(38)20-23-8-4-2-5-9-23/h2-19,22,30-31H,20-21H2,1H3,(H,35,39)(H,36,38)/t22-,30-,31+/m0/s1. The summed E-state index contributed by atoms with van der Waals surface area (Å²) in [6.07, 6.45) is -1.30. The van der Waals surface area contributed by atoms with Crippen LogP contribution in [0.15, 0.2) is 109 Å². The second-order valence-corrected chi connectivity index (χ2v) is 9.98. The van der Waals surface area contributed by atoms with E-state index in [2.05, 4.69) is 10.6 Å². The van der Waals surface area contributed by atoms with Crippen molar-refractivity contribution in [1.82, 2.24) is 10.2 Å². The number of halogens is 1. The van der Waals surface area contributed by atoms with Gasteiger partial charge < -0.3 is 15.4 Å². The molecule has 208 valence electrons. The molecule has 1 aliphatic heterocycles. The molecule has 1 fully saturated rings. The zero-order valence-electron chi connectivity index (χ0n) is 22.5. The highest BCUT2D eigenvalue weighted by molar-refractivity contribution is 5.92. The molecule has 0 aromatic heterocycles. The molecule has 4 aromatic rings. The van der Waals surface area contributed by atoms with E-state index in [4.69, 9.17) is 4.74 Å². The summed E-state index contributed by atoms with van der Waals surface area (Å²) in [7, 11) is 0. The minimum absolute atomic E-state index is 0.0705. The number of rotatable bonds is 9. The lowest BCUT2D eigenvalue weighted by atomic mass is 9.99. The first kappa shape index (κ1) is 27.6. The third-order valence-corrected chi connectivity index (χ3v) is 7.01.